The van der Waals surface area contributed by atoms with Crippen LogP contribution in [0.3, 0.4) is 0 Å². The number of allylic oxidation sites excluding steroid dienone is 2. The van der Waals surface area contributed by atoms with Crippen molar-refractivity contribution in [3.05, 3.63) is 60.2 Å². The molecule has 10 heteroatoms. The van der Waals surface area contributed by atoms with Gasteiger partial charge in [-0.2, -0.15) is 13.2 Å². The van der Waals surface area contributed by atoms with Gasteiger partial charge < -0.3 is 4.74 Å². The molecule has 0 spiro atoms. The van der Waals surface area contributed by atoms with Crippen molar-refractivity contribution in [3.63, 3.8) is 0 Å². The smallest absolute Gasteiger partial charge is 0.417 e. The molecule has 0 unspecified atom stereocenters. The molecule has 0 aliphatic carbocycles. The number of rotatable bonds is 5. The number of hydrogen-bond donors (Lipinski definition) is 0. The first kappa shape index (κ1) is 22.7. The minimum absolute atomic E-state index is 0.0338. The van der Waals surface area contributed by atoms with Gasteiger partial charge in [0.1, 0.15) is 4.88 Å². The molecule has 0 N–H and O–H groups in total. The second-order valence-corrected chi connectivity index (χ2v) is 7.76. The summed E-state index contributed by atoms with van der Waals surface area (Å²) in [5, 5.41) is -0.445. The van der Waals surface area contributed by atoms with E-state index in [9.17, 15) is 22.8 Å². The minimum atomic E-state index is -4.85. The van der Waals surface area contributed by atoms with Gasteiger partial charge in [0.15, 0.2) is 5.78 Å². The predicted octanol–water partition coefficient (Wildman–Crippen LogP) is 7.02. The SMILES string of the molecule is CCOC(=O)c1sc(C(=O)C=C(c2cc(Cl)c(Cl)c(Cl)c2)C(F)(F)F)cc1C. The van der Waals surface area contributed by atoms with Gasteiger partial charge in [-0.05, 0) is 49.2 Å². The van der Waals surface area contributed by atoms with Gasteiger partial charge in [0.2, 0.25) is 0 Å². The van der Waals surface area contributed by atoms with Crippen molar-refractivity contribution in [2.45, 2.75) is 20.0 Å². The lowest BCUT2D eigenvalue weighted by Gasteiger charge is -2.13. The van der Waals surface area contributed by atoms with Gasteiger partial charge in [-0.25, -0.2) is 4.79 Å². The van der Waals surface area contributed by atoms with Gasteiger partial charge in [-0.15, -0.1) is 11.3 Å². The summed E-state index contributed by atoms with van der Waals surface area (Å²) in [6.45, 7) is 3.32. The van der Waals surface area contributed by atoms with Crippen LogP contribution in [0.1, 0.15) is 37.4 Å². The highest BCUT2D eigenvalue weighted by molar-refractivity contribution is 7.16. The highest BCUT2D eigenvalue weighted by Crippen LogP contribution is 2.39. The average Bonchev–Trinajstić information content (AvgIpc) is 2.98. The Morgan fingerprint density at radius 2 is 1.71 bits per heavy atom. The van der Waals surface area contributed by atoms with Gasteiger partial charge in [0, 0.05) is 0 Å². The number of carbonyl (C=O) groups excluding carboxylic acids is 2. The first-order valence-corrected chi connectivity index (χ1v) is 9.66. The third kappa shape index (κ3) is 5.08. The number of ketones is 1. The number of benzene rings is 1. The van der Waals surface area contributed by atoms with Gasteiger partial charge in [0.25, 0.3) is 0 Å². The number of halogens is 6. The summed E-state index contributed by atoms with van der Waals surface area (Å²) in [6.07, 6.45) is -4.41. The van der Waals surface area contributed by atoms with Crippen LogP contribution in [0, 0.1) is 6.92 Å². The minimum Gasteiger partial charge on any atom is -0.462 e. The number of hydrogen-bond acceptors (Lipinski definition) is 4. The Morgan fingerprint density at radius 3 is 2.21 bits per heavy atom. The van der Waals surface area contributed by atoms with E-state index in [4.69, 9.17) is 39.5 Å². The van der Waals surface area contributed by atoms with Crippen molar-refractivity contribution in [2.24, 2.45) is 0 Å². The van der Waals surface area contributed by atoms with E-state index in [0.717, 1.165) is 23.5 Å². The van der Waals surface area contributed by atoms with Crippen molar-refractivity contribution in [1.82, 2.24) is 0 Å². The Balaban J connectivity index is 2.50. The van der Waals surface area contributed by atoms with Gasteiger partial charge in [-0.3, -0.25) is 4.79 Å². The summed E-state index contributed by atoms with van der Waals surface area (Å²) in [5.74, 6) is -1.56. The summed E-state index contributed by atoms with van der Waals surface area (Å²) in [4.78, 5) is 24.4. The Kier molecular flexibility index (Phi) is 7.20. The first-order valence-electron chi connectivity index (χ1n) is 7.71. The van der Waals surface area contributed by atoms with Crippen LogP contribution in [0.5, 0.6) is 0 Å². The van der Waals surface area contributed by atoms with Crippen LogP contribution in [-0.2, 0) is 4.74 Å². The molecule has 0 radical (unpaired) electrons. The maximum atomic E-state index is 13.5. The quantitative estimate of drug-likeness (QED) is 0.204. The molecule has 0 saturated carbocycles. The maximum Gasteiger partial charge on any atom is 0.417 e. The predicted molar refractivity (Wildman–Crippen MR) is 105 cm³/mol. The van der Waals surface area contributed by atoms with Crippen LogP contribution in [0.4, 0.5) is 13.2 Å². The Morgan fingerprint density at radius 1 is 1.14 bits per heavy atom. The van der Waals surface area contributed by atoms with Crippen LogP contribution < -0.4 is 0 Å². The molecule has 0 amide bonds. The Hall–Kier alpha value is -1.54. The van der Waals surface area contributed by atoms with Crippen LogP contribution in [0.15, 0.2) is 24.3 Å². The monoisotopic (exact) mass is 470 g/mol. The summed E-state index contributed by atoms with van der Waals surface area (Å²) in [7, 11) is 0. The van der Waals surface area contributed by atoms with Crippen molar-refractivity contribution in [2.75, 3.05) is 6.61 Å². The number of thiophene rings is 1. The van der Waals surface area contributed by atoms with E-state index in [1.54, 1.807) is 13.8 Å². The fourth-order valence-corrected chi connectivity index (χ4v) is 3.82. The van der Waals surface area contributed by atoms with Gasteiger partial charge >= 0.3 is 12.1 Å². The summed E-state index contributed by atoms with van der Waals surface area (Å²) < 4.78 is 45.5. The van der Waals surface area contributed by atoms with E-state index < -0.39 is 29.1 Å². The Bertz CT molecular complexity index is 942. The average molecular weight is 472 g/mol. The summed E-state index contributed by atoms with van der Waals surface area (Å²) in [5.41, 5.74) is -1.20. The van der Waals surface area contributed by atoms with Gasteiger partial charge in [-0.1, -0.05) is 34.8 Å². The summed E-state index contributed by atoms with van der Waals surface area (Å²) in [6, 6.07) is 3.30. The van der Waals surface area contributed by atoms with E-state index >= 15 is 0 Å². The van der Waals surface area contributed by atoms with E-state index in [0.29, 0.717) is 11.6 Å². The number of alkyl halides is 3. The van der Waals surface area contributed by atoms with Crippen molar-refractivity contribution >= 4 is 63.5 Å². The molecule has 28 heavy (non-hydrogen) atoms. The number of esters is 1. The molecule has 0 fully saturated rings. The topological polar surface area (TPSA) is 43.4 Å². The van der Waals surface area contributed by atoms with Crippen LogP contribution in [-0.4, -0.2) is 24.5 Å². The molecule has 0 atom stereocenters. The zero-order valence-electron chi connectivity index (χ0n) is 14.4. The lowest BCUT2D eigenvalue weighted by atomic mass is 10.0. The van der Waals surface area contributed by atoms with Crippen molar-refractivity contribution in [1.29, 1.82) is 0 Å². The zero-order chi connectivity index (χ0) is 21.2. The molecule has 2 aromatic rings. The number of carbonyl (C=O) groups is 2. The van der Waals surface area contributed by atoms with Crippen LogP contribution in [0.25, 0.3) is 5.57 Å². The van der Waals surface area contributed by atoms with Crippen molar-refractivity contribution in [3.8, 4) is 0 Å². The zero-order valence-corrected chi connectivity index (χ0v) is 17.5. The van der Waals surface area contributed by atoms with E-state index in [1.165, 1.54) is 6.07 Å². The lowest BCUT2D eigenvalue weighted by Crippen LogP contribution is -2.12. The fraction of sp³-hybridized carbons (Fsp3) is 0.222. The largest absolute Gasteiger partial charge is 0.462 e. The normalized spacial score (nSPS) is 12.2. The molecule has 150 valence electrons. The highest BCUT2D eigenvalue weighted by Gasteiger charge is 2.36. The molecule has 3 nitrogen and oxygen atoms in total. The molecule has 1 aromatic carbocycles. The first-order chi connectivity index (χ1) is 13.0. The van der Waals surface area contributed by atoms with E-state index in [-0.39, 0.29) is 31.4 Å². The second-order valence-electron chi connectivity index (χ2n) is 5.52. The van der Waals surface area contributed by atoms with Crippen LogP contribution in [0.2, 0.25) is 15.1 Å². The maximum absolute atomic E-state index is 13.5. The standard InChI is InChI=1S/C18H12Cl3F3O3S/c1-3-27-17(26)16-8(2)4-14(28-16)13(25)7-10(18(22,23)24)9-5-11(19)15(21)12(20)6-9/h4-7H,3H2,1-2H3. The molecule has 1 heterocycles. The van der Waals surface area contributed by atoms with E-state index in [1.807, 2.05) is 0 Å². The number of ether oxygens (including phenoxy) is 1. The fourth-order valence-electron chi connectivity index (χ4n) is 2.24. The third-order valence-electron chi connectivity index (χ3n) is 3.50. The molecule has 2 rings (SSSR count). The molecule has 0 bridgehead atoms. The lowest BCUT2D eigenvalue weighted by molar-refractivity contribution is -0.0689. The number of aryl methyl sites for hydroxylation is 1. The molecule has 0 aliphatic heterocycles. The molecule has 0 aliphatic rings. The van der Waals surface area contributed by atoms with E-state index in [2.05, 4.69) is 0 Å². The second kappa shape index (κ2) is 8.86. The molecular formula is C18H12Cl3F3O3S. The van der Waals surface area contributed by atoms with Crippen molar-refractivity contribution < 1.29 is 27.5 Å². The van der Waals surface area contributed by atoms with Gasteiger partial charge in [0.05, 0.1) is 32.1 Å². The molecule has 0 saturated heterocycles. The highest BCUT2D eigenvalue weighted by atomic mass is 35.5. The summed E-state index contributed by atoms with van der Waals surface area (Å²) >= 11 is 18.2. The molecule has 1 aromatic heterocycles. The third-order valence-corrected chi connectivity index (χ3v) is 5.93. The van der Waals surface area contributed by atoms with Crippen LogP contribution >= 0.6 is 46.1 Å². The molecular weight excluding hydrogens is 460 g/mol. The Labute approximate surface area is 177 Å².